The number of rotatable bonds is 0. The van der Waals surface area contributed by atoms with Crippen molar-refractivity contribution < 1.29 is 19.8 Å². The van der Waals surface area contributed by atoms with Crippen LogP contribution < -0.4 is 15.5 Å². The summed E-state index contributed by atoms with van der Waals surface area (Å²) in [5.41, 5.74) is 0. The summed E-state index contributed by atoms with van der Waals surface area (Å²) >= 11 is 0. The van der Waals surface area contributed by atoms with Gasteiger partial charge in [-0.15, -0.1) is 0 Å². The number of hydrogen-bond acceptors (Lipinski definition) is 4. The van der Waals surface area contributed by atoms with Gasteiger partial charge in [0.1, 0.15) is 12.2 Å². The molecule has 40 valence electrons. The number of nitrogens with one attached hydrogen (secondary N) is 1. The molecule has 5 heteroatoms. The van der Waals surface area contributed by atoms with E-state index >= 15 is 0 Å². The first-order valence-electron chi connectivity index (χ1n) is 1.32. The van der Waals surface area contributed by atoms with Gasteiger partial charge >= 0.3 is 0 Å². The van der Waals surface area contributed by atoms with Crippen molar-refractivity contribution in [3.05, 3.63) is 0 Å². The second kappa shape index (κ2) is 2.01. The quantitative estimate of drug-likeness (QED) is 0.360. The molecular weight excluding hydrogens is 102 g/mol. The molecule has 2 amide bonds. The molecule has 1 N–H and O–H groups in total. The van der Waals surface area contributed by atoms with Gasteiger partial charge in [0.25, 0.3) is 0 Å². The molecule has 5 nitrogen and oxygen atoms in total. The van der Waals surface area contributed by atoms with E-state index in [9.17, 15) is 0 Å². The van der Waals surface area contributed by atoms with Gasteiger partial charge in [0, 0.05) is 0 Å². The van der Waals surface area contributed by atoms with E-state index < -0.39 is 12.2 Å². The topological polar surface area (TPSA) is 92.3 Å². The molecule has 7 heavy (non-hydrogen) atoms. The second-order valence-corrected chi connectivity index (χ2v) is 0.700. The van der Waals surface area contributed by atoms with Crippen LogP contribution in [0.5, 0.6) is 0 Å². The van der Waals surface area contributed by atoms with Gasteiger partial charge < -0.3 is 25.1 Å². The largest absolute Gasteiger partial charge is 0.530 e. The highest BCUT2D eigenvalue weighted by atomic mass is 16.4. The average molecular weight is 103 g/mol. The van der Waals surface area contributed by atoms with Crippen LogP contribution in [0.3, 0.4) is 0 Å². The van der Waals surface area contributed by atoms with E-state index in [1.807, 2.05) is 0 Å². The molecule has 0 bridgehead atoms. The Morgan fingerprint density at radius 2 is 1.43 bits per heavy atom. The van der Waals surface area contributed by atoms with Crippen LogP contribution >= 0.6 is 0 Å². The summed E-state index contributed by atoms with van der Waals surface area (Å²) in [4.78, 5) is 18.3. The van der Waals surface area contributed by atoms with Crippen LogP contribution in [-0.4, -0.2) is 12.2 Å². The molecule has 0 aromatic carbocycles. The van der Waals surface area contributed by atoms with E-state index in [2.05, 4.69) is 0 Å². The van der Waals surface area contributed by atoms with Crippen molar-refractivity contribution >= 4 is 12.2 Å². The van der Waals surface area contributed by atoms with Gasteiger partial charge in [-0.3, -0.25) is 0 Å². The predicted molar refractivity (Wildman–Crippen MR) is 13.9 cm³/mol. The Balaban J connectivity index is 3.32. The Labute approximate surface area is 38.6 Å². The molecule has 0 unspecified atom stereocenters. The fourth-order valence-corrected chi connectivity index (χ4v) is 0.0833. The maximum atomic E-state index is 9.17. The van der Waals surface area contributed by atoms with Gasteiger partial charge in [-0.05, 0) is 0 Å². The molecule has 0 spiro atoms. The van der Waals surface area contributed by atoms with Crippen molar-refractivity contribution in [2.24, 2.45) is 0 Å². The van der Waals surface area contributed by atoms with Crippen LogP contribution in [-0.2, 0) is 0 Å². The fraction of sp³-hybridized carbons (Fsp3) is 0. The highest BCUT2D eigenvalue weighted by Gasteiger charge is 1.76. The number of amides is 2. The van der Waals surface area contributed by atoms with Gasteiger partial charge in [-0.25, -0.2) is 0 Å². The molecule has 0 aliphatic carbocycles. The molecule has 0 saturated heterocycles. The number of carbonyl (C=O) groups is 2. The van der Waals surface area contributed by atoms with E-state index in [0.29, 0.717) is 0 Å². The minimum absolute atomic E-state index is 0.917. The van der Waals surface area contributed by atoms with Crippen molar-refractivity contribution in [2.45, 2.75) is 0 Å². The van der Waals surface area contributed by atoms with Crippen LogP contribution in [0.2, 0.25) is 0 Å². The Hall–Kier alpha value is -1.26. The SMILES string of the molecule is O=C([O-])NC(=O)[O-]. The highest BCUT2D eigenvalue weighted by molar-refractivity contribution is 5.82. The van der Waals surface area contributed by atoms with Gasteiger partial charge in [-0.2, -0.15) is 0 Å². The smallest absolute Gasteiger partial charge is 0.139 e. The van der Waals surface area contributed by atoms with E-state index in [4.69, 9.17) is 19.8 Å². The molecule has 0 aromatic heterocycles. The van der Waals surface area contributed by atoms with Gasteiger partial charge in [0.05, 0.1) is 0 Å². The molecule has 0 rings (SSSR count). The molecule has 0 aliphatic heterocycles. The summed E-state index contributed by atoms with van der Waals surface area (Å²) in [6, 6.07) is 0. The molecule has 0 radical (unpaired) electrons. The summed E-state index contributed by atoms with van der Waals surface area (Å²) in [6.45, 7) is 0. The minimum atomic E-state index is -1.88. The lowest BCUT2D eigenvalue weighted by Crippen LogP contribution is -2.46. The first-order chi connectivity index (χ1) is 3.13. The summed E-state index contributed by atoms with van der Waals surface area (Å²) < 4.78 is 0. The first kappa shape index (κ1) is 5.74. The summed E-state index contributed by atoms with van der Waals surface area (Å²) in [5, 5.41) is 19.2. The fourth-order valence-electron chi connectivity index (χ4n) is 0.0833. The van der Waals surface area contributed by atoms with Crippen LogP contribution in [0, 0.1) is 0 Å². The van der Waals surface area contributed by atoms with Crippen LogP contribution in [0.25, 0.3) is 0 Å². The zero-order chi connectivity index (χ0) is 5.86. The summed E-state index contributed by atoms with van der Waals surface area (Å²) in [5.74, 6) is 0. The minimum Gasteiger partial charge on any atom is -0.530 e. The number of carbonyl (C=O) groups excluding carboxylic acids is 2. The van der Waals surface area contributed by atoms with Crippen LogP contribution in [0.4, 0.5) is 9.59 Å². The number of hydrogen-bond donors (Lipinski definition) is 1. The monoisotopic (exact) mass is 103 g/mol. The van der Waals surface area contributed by atoms with Crippen molar-refractivity contribution in [1.82, 2.24) is 5.32 Å². The van der Waals surface area contributed by atoms with E-state index in [1.54, 1.807) is 0 Å². The van der Waals surface area contributed by atoms with Gasteiger partial charge in [0.2, 0.25) is 0 Å². The Morgan fingerprint density at radius 1 is 1.14 bits per heavy atom. The zero-order valence-electron chi connectivity index (χ0n) is 3.13. The third kappa shape index (κ3) is 4.74. The van der Waals surface area contributed by atoms with E-state index in [-0.39, 0.29) is 0 Å². The normalized spacial score (nSPS) is 7.43. The number of carboxylic acid groups (broad SMARTS) is 2. The van der Waals surface area contributed by atoms with E-state index in [0.717, 1.165) is 5.32 Å². The lowest BCUT2D eigenvalue weighted by atomic mass is 11.0. The lowest BCUT2D eigenvalue weighted by Gasteiger charge is -2.03. The van der Waals surface area contributed by atoms with Crippen molar-refractivity contribution in [3.8, 4) is 0 Å². The van der Waals surface area contributed by atoms with Crippen molar-refractivity contribution in [2.75, 3.05) is 0 Å². The Kier molecular flexibility index (Phi) is 1.65. The Morgan fingerprint density at radius 3 is 1.43 bits per heavy atom. The molecule has 0 aliphatic rings. The molecule has 0 fully saturated rings. The predicted octanol–water partition coefficient (Wildman–Crippen LogP) is -2.74. The molecule has 0 saturated carbocycles. The first-order valence-corrected chi connectivity index (χ1v) is 1.32. The Bertz CT molecular complexity index is 85.9. The summed E-state index contributed by atoms with van der Waals surface area (Å²) in [7, 11) is 0. The van der Waals surface area contributed by atoms with Crippen molar-refractivity contribution in [1.29, 1.82) is 0 Å². The molecular formula is C2HNO4-2. The van der Waals surface area contributed by atoms with Gasteiger partial charge in [-0.1, -0.05) is 0 Å². The standard InChI is InChI=1S/C2H3NO4/c4-1(5)3-2(6)7/h3H,(H,4,5)(H,6,7)/p-2. The highest BCUT2D eigenvalue weighted by Crippen LogP contribution is 1.49. The van der Waals surface area contributed by atoms with Crippen LogP contribution in [0.15, 0.2) is 0 Å². The molecule has 0 aromatic rings. The molecule has 0 atom stereocenters. The van der Waals surface area contributed by atoms with Gasteiger partial charge in [0.15, 0.2) is 0 Å². The maximum Gasteiger partial charge on any atom is 0.139 e. The zero-order valence-corrected chi connectivity index (χ0v) is 3.13. The third-order valence-corrected chi connectivity index (χ3v) is 0.204. The lowest BCUT2D eigenvalue weighted by molar-refractivity contribution is -0.268. The summed E-state index contributed by atoms with van der Waals surface area (Å²) in [6.07, 6.45) is -3.75. The molecule has 0 heterocycles. The number of imide groups is 1. The average Bonchev–Trinajstić information content (AvgIpc) is 1.27. The van der Waals surface area contributed by atoms with Crippen LogP contribution in [0.1, 0.15) is 0 Å². The maximum absolute atomic E-state index is 9.17. The van der Waals surface area contributed by atoms with E-state index in [1.165, 1.54) is 0 Å². The second-order valence-electron chi connectivity index (χ2n) is 0.700. The van der Waals surface area contributed by atoms with Crippen molar-refractivity contribution in [3.63, 3.8) is 0 Å². The third-order valence-electron chi connectivity index (χ3n) is 0.204.